The smallest absolute Gasteiger partial charge is 0.123 e. The molecule has 108 valence electrons. The number of nitrogens with one attached hydrogen (secondary N) is 1. The van der Waals surface area contributed by atoms with Crippen LogP contribution in [0, 0.1) is 5.92 Å². The normalized spacial score (nSPS) is 11.0. The summed E-state index contributed by atoms with van der Waals surface area (Å²) in [4.78, 5) is 0. The zero-order valence-corrected chi connectivity index (χ0v) is 12.8. The second-order valence-electron chi connectivity index (χ2n) is 4.95. The van der Waals surface area contributed by atoms with Gasteiger partial charge in [0.15, 0.2) is 0 Å². The van der Waals surface area contributed by atoms with E-state index in [1.165, 1.54) is 0 Å². The fourth-order valence-corrected chi connectivity index (χ4v) is 1.82. The highest BCUT2D eigenvalue weighted by atomic mass is 35.5. The van der Waals surface area contributed by atoms with Crippen LogP contribution >= 0.6 is 11.6 Å². The Bertz CT molecular complexity index is 369. The van der Waals surface area contributed by atoms with E-state index in [1.807, 2.05) is 18.2 Å². The molecule has 0 aromatic heterocycles. The molecule has 0 fully saturated rings. The van der Waals surface area contributed by atoms with Crippen molar-refractivity contribution in [1.29, 1.82) is 0 Å². The first kappa shape index (κ1) is 16.3. The molecule has 19 heavy (non-hydrogen) atoms. The van der Waals surface area contributed by atoms with Gasteiger partial charge in [0, 0.05) is 30.8 Å². The molecule has 0 unspecified atom stereocenters. The Labute approximate surface area is 121 Å². The van der Waals surface area contributed by atoms with E-state index < -0.39 is 0 Å². The number of methoxy groups -OCH3 is 1. The van der Waals surface area contributed by atoms with Gasteiger partial charge in [-0.15, -0.1) is 0 Å². The number of rotatable bonds is 9. The van der Waals surface area contributed by atoms with Gasteiger partial charge in [0.1, 0.15) is 5.75 Å². The van der Waals surface area contributed by atoms with E-state index in [1.54, 1.807) is 7.11 Å². The maximum absolute atomic E-state index is 6.03. The molecule has 0 aliphatic carbocycles. The van der Waals surface area contributed by atoms with Gasteiger partial charge in [-0.05, 0) is 30.5 Å². The van der Waals surface area contributed by atoms with Crippen molar-refractivity contribution in [3.05, 3.63) is 28.8 Å². The molecule has 4 heteroatoms. The molecule has 1 rings (SSSR count). The number of hydrogen-bond donors (Lipinski definition) is 1. The molecule has 0 aliphatic heterocycles. The average molecular weight is 286 g/mol. The van der Waals surface area contributed by atoms with Gasteiger partial charge in [0.05, 0.1) is 13.2 Å². The van der Waals surface area contributed by atoms with Crippen molar-refractivity contribution in [2.45, 2.75) is 26.8 Å². The van der Waals surface area contributed by atoms with Crippen molar-refractivity contribution in [3.8, 4) is 5.75 Å². The zero-order valence-electron chi connectivity index (χ0n) is 12.0. The Morgan fingerprint density at radius 3 is 2.74 bits per heavy atom. The molecule has 0 atom stereocenters. The Morgan fingerprint density at radius 1 is 1.26 bits per heavy atom. The topological polar surface area (TPSA) is 30.5 Å². The SMILES string of the molecule is COCCNCc1cc(Cl)ccc1OCCC(C)C. The lowest BCUT2D eigenvalue weighted by Gasteiger charge is -2.13. The van der Waals surface area contributed by atoms with Crippen molar-refractivity contribution in [3.63, 3.8) is 0 Å². The van der Waals surface area contributed by atoms with Crippen molar-refractivity contribution < 1.29 is 9.47 Å². The second-order valence-corrected chi connectivity index (χ2v) is 5.39. The van der Waals surface area contributed by atoms with Gasteiger partial charge < -0.3 is 14.8 Å². The first-order chi connectivity index (χ1) is 9.13. The minimum Gasteiger partial charge on any atom is -0.493 e. The van der Waals surface area contributed by atoms with E-state index in [0.29, 0.717) is 12.5 Å². The maximum Gasteiger partial charge on any atom is 0.123 e. The van der Waals surface area contributed by atoms with E-state index in [0.717, 1.165) is 42.5 Å². The number of benzene rings is 1. The molecular formula is C15H24ClNO2. The molecule has 0 bridgehead atoms. The first-order valence-electron chi connectivity index (χ1n) is 6.74. The predicted molar refractivity (Wildman–Crippen MR) is 80.0 cm³/mol. The van der Waals surface area contributed by atoms with Crippen LogP contribution in [0.4, 0.5) is 0 Å². The number of hydrogen-bond acceptors (Lipinski definition) is 3. The molecule has 0 radical (unpaired) electrons. The predicted octanol–water partition coefficient (Wildman–Crippen LogP) is 3.50. The Morgan fingerprint density at radius 2 is 2.05 bits per heavy atom. The van der Waals surface area contributed by atoms with E-state index in [2.05, 4.69) is 19.2 Å². The maximum atomic E-state index is 6.03. The summed E-state index contributed by atoms with van der Waals surface area (Å²) in [6.45, 7) is 7.38. The Hall–Kier alpha value is -0.770. The fraction of sp³-hybridized carbons (Fsp3) is 0.600. The third kappa shape index (κ3) is 6.81. The standard InChI is InChI=1S/C15H24ClNO2/c1-12(2)6-8-19-15-5-4-14(16)10-13(15)11-17-7-9-18-3/h4-5,10,12,17H,6-9,11H2,1-3H3. The molecule has 0 spiro atoms. The van der Waals surface area contributed by atoms with Crippen molar-refractivity contribution in [2.24, 2.45) is 5.92 Å². The third-order valence-electron chi connectivity index (χ3n) is 2.77. The summed E-state index contributed by atoms with van der Waals surface area (Å²) in [6.07, 6.45) is 1.05. The summed E-state index contributed by atoms with van der Waals surface area (Å²) in [5, 5.41) is 4.04. The lowest BCUT2D eigenvalue weighted by Crippen LogP contribution is -2.19. The van der Waals surface area contributed by atoms with Crippen LogP contribution < -0.4 is 10.1 Å². The molecule has 1 aromatic rings. The van der Waals surface area contributed by atoms with E-state index in [-0.39, 0.29) is 0 Å². The molecule has 1 N–H and O–H groups in total. The molecule has 0 heterocycles. The second kappa shape index (κ2) is 9.18. The summed E-state index contributed by atoms with van der Waals surface area (Å²) in [7, 11) is 1.70. The van der Waals surface area contributed by atoms with E-state index >= 15 is 0 Å². The van der Waals surface area contributed by atoms with Gasteiger partial charge >= 0.3 is 0 Å². The molecule has 3 nitrogen and oxygen atoms in total. The van der Waals surface area contributed by atoms with Crippen LogP contribution in [0.1, 0.15) is 25.8 Å². The van der Waals surface area contributed by atoms with Crippen LogP contribution in [0.3, 0.4) is 0 Å². The summed E-state index contributed by atoms with van der Waals surface area (Å²) in [5.74, 6) is 1.56. The van der Waals surface area contributed by atoms with E-state index in [9.17, 15) is 0 Å². The molecule has 0 saturated heterocycles. The monoisotopic (exact) mass is 285 g/mol. The third-order valence-corrected chi connectivity index (χ3v) is 3.01. The molecule has 1 aromatic carbocycles. The summed E-state index contributed by atoms with van der Waals surface area (Å²) in [6, 6.07) is 5.76. The van der Waals surface area contributed by atoms with E-state index in [4.69, 9.17) is 21.1 Å². The molecule has 0 amide bonds. The van der Waals surface area contributed by atoms with Gasteiger partial charge in [0.2, 0.25) is 0 Å². The van der Waals surface area contributed by atoms with Gasteiger partial charge in [0.25, 0.3) is 0 Å². The van der Waals surface area contributed by atoms with Crippen LogP contribution in [0.5, 0.6) is 5.75 Å². The van der Waals surface area contributed by atoms with Gasteiger partial charge in [-0.2, -0.15) is 0 Å². The summed E-state index contributed by atoms with van der Waals surface area (Å²) in [5.41, 5.74) is 1.09. The largest absolute Gasteiger partial charge is 0.493 e. The van der Waals surface area contributed by atoms with Crippen molar-refractivity contribution in [2.75, 3.05) is 26.9 Å². The van der Waals surface area contributed by atoms with Gasteiger partial charge in [-0.3, -0.25) is 0 Å². The first-order valence-corrected chi connectivity index (χ1v) is 7.12. The Balaban J connectivity index is 2.53. The van der Waals surface area contributed by atoms with Gasteiger partial charge in [-0.1, -0.05) is 25.4 Å². The summed E-state index contributed by atoms with van der Waals surface area (Å²) < 4.78 is 10.8. The zero-order chi connectivity index (χ0) is 14.1. The number of halogens is 1. The van der Waals surface area contributed by atoms with Crippen LogP contribution in [0.25, 0.3) is 0 Å². The lowest BCUT2D eigenvalue weighted by molar-refractivity contribution is 0.199. The molecular weight excluding hydrogens is 262 g/mol. The van der Waals surface area contributed by atoms with Crippen LogP contribution in [-0.4, -0.2) is 26.9 Å². The Kier molecular flexibility index (Phi) is 7.87. The highest BCUT2D eigenvalue weighted by Crippen LogP contribution is 2.23. The fourth-order valence-electron chi connectivity index (χ4n) is 1.63. The van der Waals surface area contributed by atoms with Crippen molar-refractivity contribution >= 4 is 11.6 Å². The summed E-state index contributed by atoms with van der Waals surface area (Å²) >= 11 is 6.03. The minimum absolute atomic E-state index is 0.649. The van der Waals surface area contributed by atoms with Crippen LogP contribution in [0.2, 0.25) is 5.02 Å². The molecule has 0 aliphatic rings. The van der Waals surface area contributed by atoms with Crippen LogP contribution in [0.15, 0.2) is 18.2 Å². The molecule has 0 saturated carbocycles. The highest BCUT2D eigenvalue weighted by molar-refractivity contribution is 6.30. The minimum atomic E-state index is 0.649. The average Bonchev–Trinajstić information content (AvgIpc) is 2.36. The lowest BCUT2D eigenvalue weighted by atomic mass is 10.1. The van der Waals surface area contributed by atoms with Gasteiger partial charge in [-0.25, -0.2) is 0 Å². The highest BCUT2D eigenvalue weighted by Gasteiger charge is 2.05. The van der Waals surface area contributed by atoms with Crippen molar-refractivity contribution in [1.82, 2.24) is 5.32 Å². The number of ether oxygens (including phenoxy) is 2. The van der Waals surface area contributed by atoms with Crippen LogP contribution in [-0.2, 0) is 11.3 Å². The quantitative estimate of drug-likeness (QED) is 0.705.